The van der Waals surface area contributed by atoms with Crippen molar-refractivity contribution in [3.63, 3.8) is 0 Å². The average molecular weight is 184 g/mol. The molecule has 76 valence electrons. The molecule has 1 aliphatic rings. The van der Waals surface area contributed by atoms with E-state index >= 15 is 0 Å². The van der Waals surface area contributed by atoms with Gasteiger partial charge in [-0.25, -0.2) is 0 Å². The molecule has 0 aromatic rings. The van der Waals surface area contributed by atoms with Gasteiger partial charge in [0.2, 0.25) is 5.91 Å². The molecule has 1 unspecified atom stereocenters. The number of hydrogen-bond donors (Lipinski definition) is 2. The van der Waals surface area contributed by atoms with Crippen molar-refractivity contribution in [1.82, 2.24) is 5.32 Å². The first kappa shape index (κ1) is 10.5. The second-order valence-electron chi connectivity index (χ2n) is 4.51. The van der Waals surface area contributed by atoms with E-state index in [0.29, 0.717) is 13.1 Å². The van der Waals surface area contributed by atoms with Crippen LogP contribution in [-0.2, 0) is 4.79 Å². The van der Waals surface area contributed by atoms with Gasteiger partial charge >= 0.3 is 0 Å². The fourth-order valence-electron chi connectivity index (χ4n) is 2.13. The summed E-state index contributed by atoms with van der Waals surface area (Å²) in [6.45, 7) is 5.48. The summed E-state index contributed by atoms with van der Waals surface area (Å²) >= 11 is 0. The van der Waals surface area contributed by atoms with Crippen LogP contribution in [0.25, 0.3) is 0 Å². The normalized spacial score (nSPS) is 25.9. The monoisotopic (exact) mass is 184 g/mol. The molecule has 0 saturated heterocycles. The van der Waals surface area contributed by atoms with Crippen LogP contribution in [0.1, 0.15) is 33.1 Å². The molecule has 3 N–H and O–H groups in total. The highest BCUT2D eigenvalue weighted by Crippen LogP contribution is 2.42. The van der Waals surface area contributed by atoms with Crippen LogP contribution >= 0.6 is 0 Å². The van der Waals surface area contributed by atoms with E-state index in [0.717, 1.165) is 12.8 Å². The van der Waals surface area contributed by atoms with Crippen molar-refractivity contribution in [3.05, 3.63) is 0 Å². The minimum Gasteiger partial charge on any atom is -0.355 e. The molecule has 0 aromatic heterocycles. The molecule has 0 spiro atoms. The lowest BCUT2D eigenvalue weighted by molar-refractivity contribution is -0.127. The van der Waals surface area contributed by atoms with Crippen molar-refractivity contribution in [2.24, 2.45) is 17.1 Å². The van der Waals surface area contributed by atoms with Crippen molar-refractivity contribution in [3.8, 4) is 0 Å². The van der Waals surface area contributed by atoms with Gasteiger partial charge in [0.1, 0.15) is 0 Å². The SMILES string of the molecule is CC1(C)CCCC1C(=O)NCCN. The Labute approximate surface area is 80.1 Å². The Morgan fingerprint density at radius 1 is 1.62 bits per heavy atom. The molecule has 3 heteroatoms. The summed E-state index contributed by atoms with van der Waals surface area (Å²) in [7, 11) is 0. The maximum Gasteiger partial charge on any atom is 0.223 e. The molecule has 1 rings (SSSR count). The third kappa shape index (κ3) is 2.44. The number of hydrogen-bond acceptors (Lipinski definition) is 2. The molecule has 13 heavy (non-hydrogen) atoms. The molecule has 0 aliphatic heterocycles. The fraction of sp³-hybridized carbons (Fsp3) is 0.900. The highest BCUT2D eigenvalue weighted by atomic mass is 16.1. The van der Waals surface area contributed by atoms with Gasteiger partial charge in [-0.05, 0) is 18.3 Å². The van der Waals surface area contributed by atoms with Gasteiger partial charge in [-0.3, -0.25) is 4.79 Å². The van der Waals surface area contributed by atoms with Crippen molar-refractivity contribution < 1.29 is 4.79 Å². The first-order valence-electron chi connectivity index (χ1n) is 5.06. The molecule has 1 saturated carbocycles. The highest BCUT2D eigenvalue weighted by Gasteiger charge is 2.38. The summed E-state index contributed by atoms with van der Waals surface area (Å²) in [6, 6.07) is 0. The van der Waals surface area contributed by atoms with Crippen molar-refractivity contribution in [1.29, 1.82) is 0 Å². The van der Waals surface area contributed by atoms with E-state index in [4.69, 9.17) is 5.73 Å². The molecular formula is C10H20N2O. The van der Waals surface area contributed by atoms with Crippen LogP contribution in [0.2, 0.25) is 0 Å². The quantitative estimate of drug-likeness (QED) is 0.684. The third-order valence-electron chi connectivity index (χ3n) is 3.02. The van der Waals surface area contributed by atoms with E-state index in [9.17, 15) is 4.79 Å². The number of nitrogens with one attached hydrogen (secondary N) is 1. The fourth-order valence-corrected chi connectivity index (χ4v) is 2.13. The van der Waals surface area contributed by atoms with E-state index in [1.165, 1.54) is 6.42 Å². The Bertz CT molecular complexity index is 189. The molecule has 1 amide bonds. The Morgan fingerprint density at radius 3 is 2.77 bits per heavy atom. The van der Waals surface area contributed by atoms with Crippen molar-refractivity contribution in [2.75, 3.05) is 13.1 Å². The summed E-state index contributed by atoms with van der Waals surface area (Å²) in [5, 5.41) is 2.87. The predicted molar refractivity (Wildman–Crippen MR) is 53.2 cm³/mol. The molecule has 1 atom stereocenters. The topological polar surface area (TPSA) is 55.1 Å². The maximum atomic E-state index is 11.7. The standard InChI is InChI=1S/C10H20N2O/c1-10(2)5-3-4-8(10)9(13)12-7-6-11/h8H,3-7,11H2,1-2H3,(H,12,13). The molecule has 3 nitrogen and oxygen atoms in total. The smallest absolute Gasteiger partial charge is 0.223 e. The zero-order valence-electron chi connectivity index (χ0n) is 8.60. The van der Waals surface area contributed by atoms with Crippen LogP contribution < -0.4 is 11.1 Å². The van der Waals surface area contributed by atoms with E-state index in [-0.39, 0.29) is 17.2 Å². The van der Waals surface area contributed by atoms with Gasteiger partial charge in [0.25, 0.3) is 0 Å². The van der Waals surface area contributed by atoms with Crippen LogP contribution in [0, 0.1) is 11.3 Å². The van der Waals surface area contributed by atoms with Crippen molar-refractivity contribution >= 4 is 5.91 Å². The number of rotatable bonds is 3. The summed E-state index contributed by atoms with van der Waals surface area (Å²) in [5.74, 6) is 0.381. The molecule has 1 fully saturated rings. The molecule has 1 aliphatic carbocycles. The van der Waals surface area contributed by atoms with E-state index in [1.807, 2.05) is 0 Å². The molecule has 0 heterocycles. The predicted octanol–water partition coefficient (Wildman–Crippen LogP) is 0.888. The number of carbonyl (C=O) groups excluding carboxylic acids is 1. The average Bonchev–Trinajstić information content (AvgIpc) is 2.41. The van der Waals surface area contributed by atoms with Gasteiger partial charge in [-0.2, -0.15) is 0 Å². The lowest BCUT2D eigenvalue weighted by Gasteiger charge is -2.25. The van der Waals surface area contributed by atoms with Crippen LogP contribution in [0.15, 0.2) is 0 Å². The molecular weight excluding hydrogens is 164 g/mol. The second kappa shape index (κ2) is 4.09. The number of carbonyl (C=O) groups is 1. The van der Waals surface area contributed by atoms with Gasteiger partial charge in [-0.15, -0.1) is 0 Å². The van der Waals surface area contributed by atoms with E-state index < -0.39 is 0 Å². The summed E-state index contributed by atoms with van der Waals surface area (Å²) in [4.78, 5) is 11.7. The molecule has 0 aromatic carbocycles. The first-order chi connectivity index (χ1) is 6.08. The highest BCUT2D eigenvalue weighted by molar-refractivity contribution is 5.79. The van der Waals surface area contributed by atoms with E-state index in [2.05, 4.69) is 19.2 Å². The Hall–Kier alpha value is -0.570. The second-order valence-corrected chi connectivity index (χ2v) is 4.51. The molecule has 0 radical (unpaired) electrons. The van der Waals surface area contributed by atoms with Crippen LogP contribution in [-0.4, -0.2) is 19.0 Å². The Balaban J connectivity index is 2.46. The summed E-state index contributed by atoms with van der Waals surface area (Å²) < 4.78 is 0. The zero-order chi connectivity index (χ0) is 9.90. The third-order valence-corrected chi connectivity index (χ3v) is 3.02. The Morgan fingerprint density at radius 2 is 2.31 bits per heavy atom. The lowest BCUT2D eigenvalue weighted by atomic mass is 9.81. The zero-order valence-corrected chi connectivity index (χ0v) is 8.60. The van der Waals surface area contributed by atoms with Crippen LogP contribution in [0.5, 0.6) is 0 Å². The summed E-state index contributed by atoms with van der Waals surface area (Å²) in [5.41, 5.74) is 5.51. The van der Waals surface area contributed by atoms with Gasteiger partial charge in [0, 0.05) is 19.0 Å². The van der Waals surface area contributed by atoms with Gasteiger partial charge in [-0.1, -0.05) is 20.3 Å². The lowest BCUT2D eigenvalue weighted by Crippen LogP contribution is -2.38. The largest absolute Gasteiger partial charge is 0.355 e. The summed E-state index contributed by atoms with van der Waals surface area (Å²) in [6.07, 6.45) is 3.37. The van der Waals surface area contributed by atoms with Gasteiger partial charge in [0.05, 0.1) is 0 Å². The van der Waals surface area contributed by atoms with Crippen LogP contribution in [0.3, 0.4) is 0 Å². The first-order valence-corrected chi connectivity index (χ1v) is 5.06. The minimum atomic E-state index is 0.179. The Kier molecular flexibility index (Phi) is 3.31. The number of nitrogens with two attached hydrogens (primary N) is 1. The maximum absolute atomic E-state index is 11.7. The van der Waals surface area contributed by atoms with Gasteiger partial charge in [0.15, 0.2) is 0 Å². The minimum absolute atomic E-state index is 0.179. The molecule has 0 bridgehead atoms. The number of amides is 1. The van der Waals surface area contributed by atoms with Crippen molar-refractivity contribution in [2.45, 2.75) is 33.1 Å². The van der Waals surface area contributed by atoms with Gasteiger partial charge < -0.3 is 11.1 Å². The van der Waals surface area contributed by atoms with Crippen LogP contribution in [0.4, 0.5) is 0 Å². The van der Waals surface area contributed by atoms with E-state index in [1.54, 1.807) is 0 Å².